The van der Waals surface area contributed by atoms with Crippen LogP contribution >= 0.6 is 23.2 Å². The van der Waals surface area contributed by atoms with Crippen LogP contribution in [0.5, 0.6) is 0 Å². The zero-order valence-corrected chi connectivity index (χ0v) is 13.7. The van der Waals surface area contributed by atoms with Crippen molar-refractivity contribution in [3.63, 3.8) is 0 Å². The van der Waals surface area contributed by atoms with Crippen LogP contribution in [0.25, 0.3) is 0 Å². The highest BCUT2D eigenvalue weighted by molar-refractivity contribution is 7.84. The van der Waals surface area contributed by atoms with Gasteiger partial charge in [0.1, 0.15) is 6.07 Å². The van der Waals surface area contributed by atoms with Crippen LogP contribution in [0.1, 0.15) is 15.9 Å². The summed E-state index contributed by atoms with van der Waals surface area (Å²) in [6.45, 7) is 0. The smallest absolute Gasteiger partial charge is 0.257 e. The third-order valence-corrected chi connectivity index (χ3v) is 4.37. The van der Waals surface area contributed by atoms with Gasteiger partial charge in [-0.15, -0.1) is 0 Å². The zero-order chi connectivity index (χ0) is 16.3. The summed E-state index contributed by atoms with van der Waals surface area (Å²) in [4.78, 5) is 12.6. The Kier molecular flexibility index (Phi) is 5.19. The van der Waals surface area contributed by atoms with E-state index in [0.29, 0.717) is 15.6 Å². The molecule has 22 heavy (non-hydrogen) atoms. The van der Waals surface area contributed by atoms with Crippen LogP contribution in [0.15, 0.2) is 41.3 Å². The van der Waals surface area contributed by atoms with Crippen LogP contribution in [-0.2, 0) is 10.8 Å². The molecule has 7 heteroatoms. The summed E-state index contributed by atoms with van der Waals surface area (Å²) >= 11 is 11.8. The van der Waals surface area contributed by atoms with E-state index in [1.807, 2.05) is 6.07 Å². The van der Waals surface area contributed by atoms with Crippen molar-refractivity contribution in [3.8, 4) is 6.07 Å². The van der Waals surface area contributed by atoms with E-state index in [1.165, 1.54) is 24.5 Å². The molecule has 0 aliphatic rings. The van der Waals surface area contributed by atoms with Crippen LogP contribution in [0, 0.1) is 11.3 Å². The van der Waals surface area contributed by atoms with Crippen LogP contribution in [0.3, 0.4) is 0 Å². The Morgan fingerprint density at radius 1 is 1.23 bits per heavy atom. The van der Waals surface area contributed by atoms with Crippen molar-refractivity contribution in [1.82, 2.24) is 0 Å². The molecule has 1 N–H and O–H groups in total. The van der Waals surface area contributed by atoms with E-state index in [0.717, 1.165) is 0 Å². The first-order chi connectivity index (χ1) is 10.4. The normalized spacial score (nSPS) is 11.5. The van der Waals surface area contributed by atoms with Gasteiger partial charge >= 0.3 is 0 Å². The molecule has 0 saturated carbocycles. The number of benzene rings is 2. The lowest BCUT2D eigenvalue weighted by Crippen LogP contribution is -2.12. The summed E-state index contributed by atoms with van der Waals surface area (Å²) in [5.41, 5.74) is 0.940. The predicted molar refractivity (Wildman–Crippen MR) is 87.9 cm³/mol. The molecule has 1 amide bonds. The molecule has 2 rings (SSSR count). The Bertz CT molecular complexity index is 816. The lowest BCUT2D eigenvalue weighted by atomic mass is 10.2. The van der Waals surface area contributed by atoms with E-state index in [9.17, 15) is 9.00 Å². The second kappa shape index (κ2) is 6.93. The van der Waals surface area contributed by atoms with E-state index in [1.54, 1.807) is 18.2 Å². The third kappa shape index (κ3) is 3.66. The highest BCUT2D eigenvalue weighted by Gasteiger charge is 2.13. The average molecular weight is 353 g/mol. The van der Waals surface area contributed by atoms with Gasteiger partial charge in [0.2, 0.25) is 0 Å². The number of carbonyl (C=O) groups is 1. The molecule has 2 aromatic rings. The molecule has 0 heterocycles. The van der Waals surface area contributed by atoms with Gasteiger partial charge in [-0.1, -0.05) is 23.2 Å². The molecule has 0 spiro atoms. The van der Waals surface area contributed by atoms with Crippen molar-refractivity contribution < 1.29 is 9.00 Å². The highest BCUT2D eigenvalue weighted by Crippen LogP contribution is 2.23. The SMILES string of the molecule is C[S@](=O)c1ccc(NC(=O)c2ccc(Cl)cc2Cl)cc1C#N. The fourth-order valence-corrected chi connectivity index (χ4v) is 2.99. The summed E-state index contributed by atoms with van der Waals surface area (Å²) in [7, 11) is -1.27. The molecule has 112 valence electrons. The Balaban J connectivity index is 2.29. The number of rotatable bonds is 3. The summed E-state index contributed by atoms with van der Waals surface area (Å²) < 4.78 is 11.5. The van der Waals surface area contributed by atoms with Gasteiger partial charge in [-0.2, -0.15) is 5.26 Å². The fourth-order valence-electron chi connectivity index (χ4n) is 1.82. The third-order valence-electron chi connectivity index (χ3n) is 2.84. The van der Waals surface area contributed by atoms with Crippen LogP contribution in [0.4, 0.5) is 5.69 Å². The molecule has 0 fully saturated rings. The second-order valence-electron chi connectivity index (χ2n) is 4.36. The molecule has 0 saturated heterocycles. The van der Waals surface area contributed by atoms with Crippen LogP contribution < -0.4 is 5.32 Å². The van der Waals surface area contributed by atoms with Crippen LogP contribution in [-0.4, -0.2) is 16.4 Å². The Morgan fingerprint density at radius 3 is 2.55 bits per heavy atom. The van der Waals surface area contributed by atoms with E-state index >= 15 is 0 Å². The highest BCUT2D eigenvalue weighted by atomic mass is 35.5. The van der Waals surface area contributed by atoms with Crippen molar-refractivity contribution in [2.45, 2.75) is 4.90 Å². The molecule has 2 aromatic carbocycles. The number of nitrogens with one attached hydrogen (secondary N) is 1. The molecule has 0 aliphatic carbocycles. The summed E-state index contributed by atoms with van der Waals surface area (Å²) in [6, 6.07) is 11.1. The number of halogens is 2. The van der Waals surface area contributed by atoms with Crippen molar-refractivity contribution in [3.05, 3.63) is 57.6 Å². The molecule has 0 aliphatic heterocycles. The number of nitrogens with zero attached hydrogens (tertiary/aromatic N) is 1. The lowest BCUT2D eigenvalue weighted by Gasteiger charge is -2.08. The van der Waals surface area contributed by atoms with Crippen molar-refractivity contribution >= 4 is 45.6 Å². The second-order valence-corrected chi connectivity index (χ2v) is 6.55. The molecule has 0 aromatic heterocycles. The molecule has 0 unspecified atom stereocenters. The lowest BCUT2D eigenvalue weighted by molar-refractivity contribution is 0.102. The number of anilines is 1. The average Bonchev–Trinajstić information content (AvgIpc) is 2.46. The maximum atomic E-state index is 12.2. The van der Waals surface area contributed by atoms with E-state index in [4.69, 9.17) is 28.5 Å². The van der Waals surface area contributed by atoms with Gasteiger partial charge in [0.05, 0.1) is 31.8 Å². The first kappa shape index (κ1) is 16.5. The summed E-state index contributed by atoms with van der Waals surface area (Å²) in [5.74, 6) is -0.420. The number of amides is 1. The molecule has 4 nitrogen and oxygen atoms in total. The summed E-state index contributed by atoms with van der Waals surface area (Å²) in [6.07, 6.45) is 1.49. The van der Waals surface area contributed by atoms with Crippen molar-refractivity contribution in [2.75, 3.05) is 11.6 Å². The van der Waals surface area contributed by atoms with Gasteiger partial charge in [0, 0.05) is 17.0 Å². The Labute approximate surface area is 140 Å². The largest absolute Gasteiger partial charge is 0.322 e. The standard InChI is InChI=1S/C15H10Cl2N2O2S/c1-22(21)14-5-3-11(6-9(14)8-18)19-15(20)12-4-2-10(16)7-13(12)17/h2-7H,1H3,(H,19,20)/t22-/m0/s1. The minimum atomic E-state index is -1.27. The van der Waals surface area contributed by atoms with Gasteiger partial charge in [0.15, 0.2) is 0 Å². The molecule has 0 bridgehead atoms. The van der Waals surface area contributed by atoms with E-state index < -0.39 is 16.7 Å². The predicted octanol–water partition coefficient (Wildman–Crippen LogP) is 3.85. The van der Waals surface area contributed by atoms with Crippen molar-refractivity contribution in [1.29, 1.82) is 5.26 Å². The number of carbonyl (C=O) groups excluding carboxylic acids is 1. The van der Waals surface area contributed by atoms with E-state index in [2.05, 4.69) is 5.32 Å². The van der Waals surface area contributed by atoms with Crippen LogP contribution in [0.2, 0.25) is 10.0 Å². The van der Waals surface area contributed by atoms with Crippen molar-refractivity contribution in [2.24, 2.45) is 0 Å². The maximum absolute atomic E-state index is 12.2. The van der Waals surface area contributed by atoms with Gasteiger partial charge in [-0.25, -0.2) is 0 Å². The topological polar surface area (TPSA) is 70.0 Å². The minimum absolute atomic E-state index is 0.233. The molecule has 0 radical (unpaired) electrons. The number of nitriles is 1. The number of hydrogen-bond donors (Lipinski definition) is 1. The monoisotopic (exact) mass is 352 g/mol. The molecular weight excluding hydrogens is 343 g/mol. The van der Waals surface area contributed by atoms with Gasteiger partial charge in [0.25, 0.3) is 5.91 Å². The van der Waals surface area contributed by atoms with E-state index in [-0.39, 0.29) is 16.1 Å². The Morgan fingerprint density at radius 2 is 1.95 bits per heavy atom. The zero-order valence-electron chi connectivity index (χ0n) is 11.4. The summed E-state index contributed by atoms with van der Waals surface area (Å²) in [5, 5.41) is 12.4. The quantitative estimate of drug-likeness (QED) is 0.911. The maximum Gasteiger partial charge on any atom is 0.257 e. The first-order valence-electron chi connectivity index (χ1n) is 6.06. The first-order valence-corrected chi connectivity index (χ1v) is 8.37. The minimum Gasteiger partial charge on any atom is -0.322 e. The molecule has 1 atom stereocenters. The van der Waals surface area contributed by atoms with Gasteiger partial charge in [-0.3, -0.25) is 9.00 Å². The molecular formula is C15H10Cl2N2O2S. The Hall–Kier alpha value is -1.87. The fraction of sp³-hybridized carbons (Fsp3) is 0.0667. The van der Waals surface area contributed by atoms with Gasteiger partial charge in [-0.05, 0) is 36.4 Å². The number of hydrogen-bond acceptors (Lipinski definition) is 3. The van der Waals surface area contributed by atoms with Gasteiger partial charge < -0.3 is 5.32 Å².